The molecule has 1 aromatic carbocycles. The van der Waals surface area contributed by atoms with Crippen LogP contribution in [0.15, 0.2) is 59.2 Å². The van der Waals surface area contributed by atoms with Crippen molar-refractivity contribution in [3.8, 4) is 5.82 Å². The minimum atomic E-state index is -0.196. The lowest BCUT2D eigenvalue weighted by molar-refractivity contribution is 0.102. The van der Waals surface area contributed by atoms with Crippen molar-refractivity contribution in [2.45, 2.75) is 26.2 Å². The molecule has 0 unspecified atom stereocenters. The zero-order valence-corrected chi connectivity index (χ0v) is 15.9. The molecular formula is C19H19BrN4O. The van der Waals surface area contributed by atoms with Crippen molar-refractivity contribution in [3.63, 3.8) is 0 Å². The fourth-order valence-electron chi connectivity index (χ4n) is 2.31. The highest BCUT2D eigenvalue weighted by Crippen LogP contribution is 2.26. The topological polar surface area (TPSA) is 59.8 Å². The lowest BCUT2D eigenvalue weighted by atomic mass is 9.92. The number of rotatable bonds is 3. The second kappa shape index (κ2) is 6.80. The van der Waals surface area contributed by atoms with Crippen molar-refractivity contribution >= 4 is 27.7 Å². The maximum absolute atomic E-state index is 12.6. The molecule has 0 saturated heterocycles. The molecule has 0 saturated carbocycles. The number of benzene rings is 1. The van der Waals surface area contributed by atoms with Gasteiger partial charge in [0.05, 0.1) is 5.69 Å². The molecular weight excluding hydrogens is 380 g/mol. The van der Waals surface area contributed by atoms with Crippen LogP contribution >= 0.6 is 15.9 Å². The first-order valence-corrected chi connectivity index (χ1v) is 8.73. The molecule has 0 atom stereocenters. The van der Waals surface area contributed by atoms with Gasteiger partial charge >= 0.3 is 0 Å². The minimum absolute atomic E-state index is 0.144. The standard InChI is InChI=1S/C19H19BrN4O/c1-19(2,3)15-12-17(24(23-15)16-9-4-5-10-21-16)22-18(25)13-7-6-8-14(20)11-13/h4-12H,1-3H3,(H,22,25). The smallest absolute Gasteiger partial charge is 0.256 e. The van der Waals surface area contributed by atoms with Crippen molar-refractivity contribution < 1.29 is 4.79 Å². The number of halogens is 1. The molecule has 128 valence electrons. The number of hydrogen-bond donors (Lipinski definition) is 1. The third-order valence-electron chi connectivity index (χ3n) is 3.67. The van der Waals surface area contributed by atoms with Crippen LogP contribution in [0.25, 0.3) is 5.82 Å². The van der Waals surface area contributed by atoms with Crippen molar-refractivity contribution in [2.75, 3.05) is 5.32 Å². The highest BCUT2D eigenvalue weighted by atomic mass is 79.9. The molecule has 5 nitrogen and oxygen atoms in total. The molecule has 6 heteroatoms. The maximum atomic E-state index is 12.6. The van der Waals surface area contributed by atoms with Crippen LogP contribution in [0.5, 0.6) is 0 Å². The molecule has 25 heavy (non-hydrogen) atoms. The molecule has 0 aliphatic carbocycles. The molecule has 2 heterocycles. The Morgan fingerprint density at radius 2 is 1.92 bits per heavy atom. The van der Waals surface area contributed by atoms with Crippen molar-refractivity contribution in [1.82, 2.24) is 14.8 Å². The number of anilines is 1. The van der Waals surface area contributed by atoms with Gasteiger partial charge in [-0.2, -0.15) is 9.78 Å². The van der Waals surface area contributed by atoms with E-state index < -0.39 is 0 Å². The molecule has 0 bridgehead atoms. The van der Waals surface area contributed by atoms with Crippen LogP contribution < -0.4 is 5.32 Å². The van der Waals surface area contributed by atoms with Crippen LogP contribution in [0, 0.1) is 0 Å². The molecule has 2 aromatic heterocycles. The van der Waals surface area contributed by atoms with Gasteiger partial charge in [0.25, 0.3) is 5.91 Å². The number of hydrogen-bond acceptors (Lipinski definition) is 3. The normalized spacial score (nSPS) is 11.4. The van der Waals surface area contributed by atoms with E-state index in [1.54, 1.807) is 23.0 Å². The van der Waals surface area contributed by atoms with Crippen molar-refractivity contribution in [1.29, 1.82) is 0 Å². The largest absolute Gasteiger partial charge is 0.306 e. The summed E-state index contributed by atoms with van der Waals surface area (Å²) in [7, 11) is 0. The third kappa shape index (κ3) is 3.96. The monoisotopic (exact) mass is 398 g/mol. The van der Waals surface area contributed by atoms with E-state index in [9.17, 15) is 4.79 Å². The molecule has 0 aliphatic heterocycles. The summed E-state index contributed by atoms with van der Waals surface area (Å²) in [6.45, 7) is 6.24. The van der Waals surface area contributed by atoms with E-state index in [2.05, 4.69) is 52.1 Å². The molecule has 1 amide bonds. The predicted molar refractivity (Wildman–Crippen MR) is 102 cm³/mol. The summed E-state index contributed by atoms with van der Waals surface area (Å²) in [6.07, 6.45) is 1.70. The summed E-state index contributed by atoms with van der Waals surface area (Å²) in [6, 6.07) is 14.7. The maximum Gasteiger partial charge on any atom is 0.256 e. The van der Waals surface area contributed by atoms with E-state index in [1.807, 2.05) is 36.4 Å². The Labute approximate surface area is 155 Å². The fraction of sp³-hybridized carbons (Fsp3) is 0.211. The summed E-state index contributed by atoms with van der Waals surface area (Å²) in [5.41, 5.74) is 1.30. The Bertz CT molecular complexity index is 897. The quantitative estimate of drug-likeness (QED) is 0.702. The summed E-state index contributed by atoms with van der Waals surface area (Å²) >= 11 is 3.39. The molecule has 0 spiro atoms. The lowest BCUT2D eigenvalue weighted by Gasteiger charge is -2.13. The summed E-state index contributed by atoms with van der Waals surface area (Å²) in [4.78, 5) is 17.0. The second-order valence-corrected chi connectivity index (χ2v) is 7.64. The predicted octanol–water partition coefficient (Wildman–Crippen LogP) is 4.58. The number of pyridine rings is 1. The molecule has 0 fully saturated rings. The van der Waals surface area contributed by atoms with Gasteiger partial charge in [0.15, 0.2) is 5.82 Å². The van der Waals surface area contributed by atoms with Crippen LogP contribution in [0.2, 0.25) is 0 Å². The Morgan fingerprint density at radius 3 is 2.56 bits per heavy atom. The van der Waals surface area contributed by atoms with Gasteiger partial charge in [-0.3, -0.25) is 4.79 Å². The number of nitrogens with zero attached hydrogens (tertiary/aromatic N) is 3. The first-order chi connectivity index (χ1) is 11.8. The average molecular weight is 399 g/mol. The van der Waals surface area contributed by atoms with E-state index in [-0.39, 0.29) is 11.3 Å². The number of aromatic nitrogens is 3. The number of nitrogens with one attached hydrogen (secondary N) is 1. The highest BCUT2D eigenvalue weighted by molar-refractivity contribution is 9.10. The lowest BCUT2D eigenvalue weighted by Crippen LogP contribution is -2.15. The van der Waals surface area contributed by atoms with E-state index in [4.69, 9.17) is 0 Å². The van der Waals surface area contributed by atoms with Gasteiger partial charge in [0, 0.05) is 27.7 Å². The van der Waals surface area contributed by atoms with Crippen LogP contribution in [-0.2, 0) is 5.41 Å². The van der Waals surface area contributed by atoms with E-state index in [1.165, 1.54) is 0 Å². The van der Waals surface area contributed by atoms with Gasteiger partial charge in [-0.1, -0.05) is 48.8 Å². The third-order valence-corrected chi connectivity index (χ3v) is 4.17. The second-order valence-electron chi connectivity index (χ2n) is 6.73. The highest BCUT2D eigenvalue weighted by Gasteiger charge is 2.22. The van der Waals surface area contributed by atoms with Gasteiger partial charge < -0.3 is 5.32 Å². The van der Waals surface area contributed by atoms with Gasteiger partial charge in [-0.15, -0.1) is 0 Å². The molecule has 3 rings (SSSR count). The van der Waals surface area contributed by atoms with Crippen LogP contribution in [0.4, 0.5) is 5.82 Å². The Morgan fingerprint density at radius 1 is 1.12 bits per heavy atom. The van der Waals surface area contributed by atoms with Crippen LogP contribution in [0.1, 0.15) is 36.8 Å². The molecule has 0 radical (unpaired) electrons. The molecule has 1 N–H and O–H groups in total. The van der Waals surface area contributed by atoms with Gasteiger partial charge in [0.2, 0.25) is 0 Å². The Kier molecular flexibility index (Phi) is 4.72. The Hall–Kier alpha value is -2.47. The zero-order valence-electron chi connectivity index (χ0n) is 14.3. The van der Waals surface area contributed by atoms with E-state index in [0.29, 0.717) is 17.2 Å². The fourth-order valence-corrected chi connectivity index (χ4v) is 2.71. The number of carbonyl (C=O) groups is 1. The number of amides is 1. The molecule has 0 aliphatic rings. The molecule has 3 aromatic rings. The first-order valence-electron chi connectivity index (χ1n) is 7.93. The van der Waals surface area contributed by atoms with Crippen LogP contribution in [-0.4, -0.2) is 20.7 Å². The zero-order chi connectivity index (χ0) is 18.0. The van der Waals surface area contributed by atoms with Crippen molar-refractivity contribution in [2.24, 2.45) is 0 Å². The minimum Gasteiger partial charge on any atom is -0.306 e. The SMILES string of the molecule is CC(C)(C)c1cc(NC(=O)c2cccc(Br)c2)n(-c2ccccn2)n1. The van der Waals surface area contributed by atoms with Gasteiger partial charge in [0.1, 0.15) is 5.82 Å². The average Bonchev–Trinajstić information content (AvgIpc) is 3.00. The summed E-state index contributed by atoms with van der Waals surface area (Å²) < 4.78 is 2.52. The van der Waals surface area contributed by atoms with Crippen LogP contribution in [0.3, 0.4) is 0 Å². The van der Waals surface area contributed by atoms with Gasteiger partial charge in [-0.25, -0.2) is 4.98 Å². The number of carbonyl (C=O) groups excluding carboxylic acids is 1. The van der Waals surface area contributed by atoms with E-state index >= 15 is 0 Å². The summed E-state index contributed by atoms with van der Waals surface area (Å²) in [5.74, 6) is 1.05. The van der Waals surface area contributed by atoms with Gasteiger partial charge in [-0.05, 0) is 30.3 Å². The summed E-state index contributed by atoms with van der Waals surface area (Å²) in [5, 5.41) is 7.59. The van der Waals surface area contributed by atoms with Crippen molar-refractivity contribution in [3.05, 3.63) is 70.5 Å². The first kappa shape index (κ1) is 17.4. The Balaban J connectivity index is 2.00. The van der Waals surface area contributed by atoms with E-state index in [0.717, 1.165) is 10.2 Å².